The molecule has 4 rings (SSSR count). The standard InChI is InChI=1S/C25H21F3N2O3/c1-30-22-9-6-18(13-19(22)14-29-30)21-12-16(5-11-24(31)32)4-10-23(21)33-15-17-2-7-20(8-3-17)25(26,27)28/h2-4,6-10,12-14H,5,11,15H2,1H3,(H,31,32). The molecule has 0 saturated heterocycles. The van der Waals surface area contributed by atoms with Gasteiger partial charge < -0.3 is 9.84 Å². The van der Waals surface area contributed by atoms with E-state index in [1.54, 1.807) is 23.0 Å². The minimum atomic E-state index is -4.39. The van der Waals surface area contributed by atoms with Crippen molar-refractivity contribution in [2.24, 2.45) is 7.05 Å². The number of hydrogen-bond acceptors (Lipinski definition) is 3. The predicted molar refractivity (Wildman–Crippen MR) is 118 cm³/mol. The Kier molecular flexibility index (Phi) is 6.09. The molecule has 5 nitrogen and oxygen atoms in total. The molecule has 1 heterocycles. The lowest BCUT2D eigenvalue weighted by molar-refractivity contribution is -0.138. The van der Waals surface area contributed by atoms with E-state index < -0.39 is 17.7 Å². The van der Waals surface area contributed by atoms with Crippen LogP contribution in [0.2, 0.25) is 0 Å². The Morgan fingerprint density at radius 2 is 1.76 bits per heavy atom. The van der Waals surface area contributed by atoms with E-state index in [9.17, 15) is 18.0 Å². The number of alkyl halides is 3. The van der Waals surface area contributed by atoms with Crippen LogP contribution in [0, 0.1) is 0 Å². The Morgan fingerprint density at radius 3 is 2.45 bits per heavy atom. The van der Waals surface area contributed by atoms with E-state index >= 15 is 0 Å². The molecule has 0 radical (unpaired) electrons. The third kappa shape index (κ3) is 5.16. The topological polar surface area (TPSA) is 64.4 Å². The largest absolute Gasteiger partial charge is 0.488 e. The van der Waals surface area contributed by atoms with E-state index in [-0.39, 0.29) is 13.0 Å². The summed E-state index contributed by atoms with van der Waals surface area (Å²) in [6.45, 7) is 0.0920. The zero-order chi connectivity index (χ0) is 23.6. The summed E-state index contributed by atoms with van der Waals surface area (Å²) in [6, 6.07) is 16.2. The molecule has 3 aromatic carbocycles. The molecule has 0 fully saturated rings. The average molecular weight is 454 g/mol. The highest BCUT2D eigenvalue weighted by Gasteiger charge is 2.29. The van der Waals surface area contributed by atoms with Crippen LogP contribution in [-0.2, 0) is 31.0 Å². The van der Waals surface area contributed by atoms with Gasteiger partial charge in [0.1, 0.15) is 12.4 Å². The fourth-order valence-corrected chi connectivity index (χ4v) is 3.62. The number of carbonyl (C=O) groups is 1. The van der Waals surface area contributed by atoms with Crippen LogP contribution in [0.1, 0.15) is 23.1 Å². The summed E-state index contributed by atoms with van der Waals surface area (Å²) < 4.78 is 46.2. The van der Waals surface area contributed by atoms with Gasteiger partial charge in [-0.2, -0.15) is 18.3 Å². The maximum absolute atomic E-state index is 12.8. The van der Waals surface area contributed by atoms with Gasteiger partial charge in [0.25, 0.3) is 0 Å². The Morgan fingerprint density at radius 1 is 1.03 bits per heavy atom. The highest BCUT2D eigenvalue weighted by Crippen LogP contribution is 2.34. The normalized spacial score (nSPS) is 11.6. The number of ether oxygens (including phenoxy) is 1. The number of carboxylic acid groups (broad SMARTS) is 1. The lowest BCUT2D eigenvalue weighted by atomic mass is 9.99. The average Bonchev–Trinajstić information content (AvgIpc) is 3.16. The van der Waals surface area contributed by atoms with Gasteiger partial charge in [-0.15, -0.1) is 0 Å². The van der Waals surface area contributed by atoms with Crippen LogP contribution in [0.25, 0.3) is 22.0 Å². The monoisotopic (exact) mass is 454 g/mol. The Hall–Kier alpha value is -3.81. The smallest absolute Gasteiger partial charge is 0.416 e. The van der Waals surface area contributed by atoms with Gasteiger partial charge in [0.2, 0.25) is 0 Å². The van der Waals surface area contributed by atoms with Gasteiger partial charge in [0, 0.05) is 24.4 Å². The summed E-state index contributed by atoms with van der Waals surface area (Å²) in [5.74, 6) is -0.326. The van der Waals surface area contributed by atoms with Gasteiger partial charge in [0.05, 0.1) is 17.3 Å². The molecular formula is C25H21F3N2O3. The summed E-state index contributed by atoms with van der Waals surface area (Å²) in [5.41, 5.74) is 3.35. The maximum Gasteiger partial charge on any atom is 0.416 e. The molecule has 8 heteroatoms. The number of hydrogen-bond donors (Lipinski definition) is 1. The number of benzene rings is 3. The first kappa shape index (κ1) is 22.4. The van der Waals surface area contributed by atoms with Crippen molar-refractivity contribution in [1.82, 2.24) is 9.78 Å². The molecular weight excluding hydrogens is 433 g/mol. The first-order chi connectivity index (χ1) is 15.7. The minimum Gasteiger partial charge on any atom is -0.488 e. The number of aryl methyl sites for hydroxylation is 2. The van der Waals surface area contributed by atoms with Crippen molar-refractivity contribution >= 4 is 16.9 Å². The molecule has 0 bridgehead atoms. The zero-order valence-corrected chi connectivity index (χ0v) is 17.8. The van der Waals surface area contributed by atoms with Gasteiger partial charge >= 0.3 is 12.1 Å². The summed E-state index contributed by atoms with van der Waals surface area (Å²) in [7, 11) is 1.85. The Bertz CT molecular complexity index is 1290. The lowest BCUT2D eigenvalue weighted by Gasteiger charge is -2.14. The summed E-state index contributed by atoms with van der Waals surface area (Å²) in [4.78, 5) is 11.0. The zero-order valence-electron chi connectivity index (χ0n) is 17.8. The fourth-order valence-electron chi connectivity index (χ4n) is 3.62. The van der Waals surface area contributed by atoms with Crippen molar-refractivity contribution < 1.29 is 27.8 Å². The molecule has 1 N–H and O–H groups in total. The fraction of sp³-hybridized carbons (Fsp3) is 0.200. The van der Waals surface area contributed by atoms with Gasteiger partial charge in [-0.25, -0.2) is 0 Å². The van der Waals surface area contributed by atoms with E-state index in [1.807, 2.05) is 31.3 Å². The van der Waals surface area contributed by atoms with Gasteiger partial charge in [0.15, 0.2) is 0 Å². The second-order valence-corrected chi connectivity index (χ2v) is 7.75. The van der Waals surface area contributed by atoms with Gasteiger partial charge in [-0.3, -0.25) is 9.48 Å². The van der Waals surface area contributed by atoms with Gasteiger partial charge in [-0.1, -0.05) is 24.3 Å². The van der Waals surface area contributed by atoms with Crippen LogP contribution in [0.5, 0.6) is 5.75 Å². The molecule has 0 saturated carbocycles. The Labute approximate surface area is 188 Å². The molecule has 4 aromatic rings. The number of carboxylic acids is 1. The number of aromatic nitrogens is 2. The van der Waals surface area contributed by atoms with Crippen molar-refractivity contribution in [3.05, 3.63) is 83.6 Å². The summed E-state index contributed by atoms with van der Waals surface area (Å²) in [6.07, 6.45) is -2.25. The first-order valence-corrected chi connectivity index (χ1v) is 10.3. The van der Waals surface area contributed by atoms with E-state index in [1.165, 1.54) is 12.1 Å². The first-order valence-electron chi connectivity index (χ1n) is 10.3. The molecule has 0 amide bonds. The van der Waals surface area contributed by atoms with Crippen LogP contribution in [0.4, 0.5) is 13.2 Å². The molecule has 170 valence electrons. The third-order valence-corrected chi connectivity index (χ3v) is 5.40. The highest BCUT2D eigenvalue weighted by atomic mass is 19.4. The van der Waals surface area contributed by atoms with Crippen LogP contribution in [0.3, 0.4) is 0 Å². The van der Waals surface area contributed by atoms with E-state index in [0.717, 1.165) is 39.7 Å². The Balaban J connectivity index is 1.63. The summed E-state index contributed by atoms with van der Waals surface area (Å²) >= 11 is 0. The van der Waals surface area contributed by atoms with Crippen molar-refractivity contribution in [2.75, 3.05) is 0 Å². The molecule has 0 spiro atoms. The molecule has 0 aliphatic rings. The van der Waals surface area contributed by atoms with Crippen LogP contribution in [0.15, 0.2) is 66.9 Å². The number of halogens is 3. The number of fused-ring (bicyclic) bond motifs is 1. The van der Waals surface area contributed by atoms with E-state index in [4.69, 9.17) is 9.84 Å². The molecule has 0 aliphatic carbocycles. The number of rotatable bonds is 7. The molecule has 0 aliphatic heterocycles. The predicted octanol–water partition coefficient (Wildman–Crippen LogP) is 5.86. The molecule has 0 atom stereocenters. The molecule has 33 heavy (non-hydrogen) atoms. The van der Waals surface area contributed by atoms with Crippen LogP contribution >= 0.6 is 0 Å². The SMILES string of the molecule is Cn1ncc2cc(-c3cc(CCC(=O)O)ccc3OCc3ccc(C(F)(F)F)cc3)ccc21. The van der Waals surface area contributed by atoms with E-state index in [0.29, 0.717) is 17.7 Å². The van der Waals surface area contributed by atoms with Crippen LogP contribution in [-0.4, -0.2) is 20.9 Å². The second kappa shape index (κ2) is 8.97. The lowest BCUT2D eigenvalue weighted by Crippen LogP contribution is -2.05. The van der Waals surface area contributed by atoms with Gasteiger partial charge in [-0.05, 0) is 59.5 Å². The number of aliphatic carboxylic acids is 1. The van der Waals surface area contributed by atoms with Crippen molar-refractivity contribution in [1.29, 1.82) is 0 Å². The van der Waals surface area contributed by atoms with Crippen molar-refractivity contribution in [2.45, 2.75) is 25.6 Å². The second-order valence-electron chi connectivity index (χ2n) is 7.75. The van der Waals surface area contributed by atoms with Crippen LogP contribution < -0.4 is 4.74 Å². The third-order valence-electron chi connectivity index (χ3n) is 5.40. The minimum absolute atomic E-state index is 0.00678. The quantitative estimate of drug-likeness (QED) is 0.380. The van der Waals surface area contributed by atoms with Crippen molar-refractivity contribution in [3.63, 3.8) is 0 Å². The van der Waals surface area contributed by atoms with E-state index in [2.05, 4.69) is 5.10 Å². The number of nitrogens with zero attached hydrogens (tertiary/aromatic N) is 2. The summed E-state index contributed by atoms with van der Waals surface area (Å²) in [5, 5.41) is 14.2. The highest BCUT2D eigenvalue weighted by molar-refractivity contribution is 5.86. The maximum atomic E-state index is 12.8. The van der Waals surface area contributed by atoms with Crippen molar-refractivity contribution in [3.8, 4) is 16.9 Å². The molecule has 1 aromatic heterocycles. The molecule has 0 unspecified atom stereocenters.